The molecule has 1 amide bonds. The Morgan fingerprint density at radius 1 is 1.26 bits per heavy atom. The number of amides is 1. The SMILES string of the molecule is CCCN(CC1CC1)c1cc(C(=O)Nc2ccc3nn(CC(=O)OC)cc3c2)ncn1. The zero-order valence-electron chi connectivity index (χ0n) is 17.7. The molecule has 1 aliphatic carbocycles. The van der Waals surface area contributed by atoms with Crippen LogP contribution in [0.5, 0.6) is 0 Å². The van der Waals surface area contributed by atoms with E-state index in [2.05, 4.69) is 36.9 Å². The highest BCUT2D eigenvalue weighted by molar-refractivity contribution is 6.04. The first-order valence-electron chi connectivity index (χ1n) is 10.5. The number of aromatic nitrogens is 4. The smallest absolute Gasteiger partial charge is 0.327 e. The number of hydrogen-bond donors (Lipinski definition) is 1. The summed E-state index contributed by atoms with van der Waals surface area (Å²) in [4.78, 5) is 35.0. The Hall–Kier alpha value is -3.49. The van der Waals surface area contributed by atoms with E-state index in [9.17, 15) is 9.59 Å². The molecule has 2 aromatic heterocycles. The molecule has 2 heterocycles. The minimum atomic E-state index is -0.375. The lowest BCUT2D eigenvalue weighted by molar-refractivity contribution is -0.141. The number of anilines is 2. The molecular formula is C22H26N6O3. The molecule has 0 atom stereocenters. The lowest BCUT2D eigenvalue weighted by atomic mass is 10.2. The molecule has 1 aromatic carbocycles. The first-order valence-corrected chi connectivity index (χ1v) is 10.5. The summed E-state index contributed by atoms with van der Waals surface area (Å²) in [5.74, 6) is 0.839. The average Bonchev–Trinajstić information content (AvgIpc) is 3.50. The topological polar surface area (TPSA) is 102 Å². The van der Waals surface area contributed by atoms with E-state index in [4.69, 9.17) is 0 Å². The monoisotopic (exact) mass is 422 g/mol. The maximum atomic E-state index is 12.8. The van der Waals surface area contributed by atoms with E-state index in [0.29, 0.717) is 11.4 Å². The van der Waals surface area contributed by atoms with E-state index < -0.39 is 0 Å². The van der Waals surface area contributed by atoms with Crippen molar-refractivity contribution in [1.82, 2.24) is 19.7 Å². The number of hydrogen-bond acceptors (Lipinski definition) is 7. The van der Waals surface area contributed by atoms with Gasteiger partial charge in [0.05, 0.1) is 12.6 Å². The van der Waals surface area contributed by atoms with Crippen molar-refractivity contribution in [2.45, 2.75) is 32.7 Å². The Kier molecular flexibility index (Phi) is 6.11. The summed E-state index contributed by atoms with van der Waals surface area (Å²) in [5.41, 5.74) is 1.67. The molecule has 1 N–H and O–H groups in total. The Morgan fingerprint density at radius 2 is 2.10 bits per heavy atom. The number of ether oxygens (including phenoxy) is 1. The molecule has 3 aromatic rings. The standard InChI is InChI=1S/C22H26N6O3/c1-3-8-27(11-15-4-5-15)20-10-19(23-14-24-20)22(30)25-17-6-7-18-16(9-17)12-28(26-18)13-21(29)31-2/h6-7,9-10,12,14-15H,3-5,8,11,13H2,1-2H3,(H,25,30). The van der Waals surface area contributed by atoms with Gasteiger partial charge in [0, 0.05) is 36.4 Å². The van der Waals surface area contributed by atoms with Gasteiger partial charge in [0.1, 0.15) is 24.4 Å². The number of carbonyl (C=O) groups excluding carboxylic acids is 2. The largest absolute Gasteiger partial charge is 0.468 e. The van der Waals surface area contributed by atoms with E-state index in [0.717, 1.165) is 42.1 Å². The molecule has 1 saturated carbocycles. The number of methoxy groups -OCH3 is 1. The van der Waals surface area contributed by atoms with Gasteiger partial charge in [0.2, 0.25) is 0 Å². The van der Waals surface area contributed by atoms with Crippen molar-refractivity contribution in [2.75, 3.05) is 30.4 Å². The fourth-order valence-electron chi connectivity index (χ4n) is 3.45. The first-order chi connectivity index (χ1) is 15.1. The molecule has 0 saturated heterocycles. The van der Waals surface area contributed by atoms with E-state index in [1.54, 1.807) is 24.4 Å². The van der Waals surface area contributed by atoms with Gasteiger partial charge in [-0.3, -0.25) is 14.3 Å². The predicted octanol–water partition coefficient (Wildman–Crippen LogP) is 2.88. The van der Waals surface area contributed by atoms with E-state index in [1.165, 1.54) is 31.0 Å². The molecule has 0 aliphatic heterocycles. The van der Waals surface area contributed by atoms with Gasteiger partial charge in [-0.2, -0.15) is 5.10 Å². The van der Waals surface area contributed by atoms with Crippen LogP contribution in [0.25, 0.3) is 10.9 Å². The summed E-state index contributed by atoms with van der Waals surface area (Å²) in [5, 5.41) is 8.03. The third-order valence-electron chi connectivity index (χ3n) is 5.21. The highest BCUT2D eigenvalue weighted by Crippen LogP contribution is 2.31. The van der Waals surface area contributed by atoms with Crippen LogP contribution in [-0.4, -0.2) is 51.8 Å². The van der Waals surface area contributed by atoms with Crippen LogP contribution in [-0.2, 0) is 16.1 Å². The second kappa shape index (κ2) is 9.11. The van der Waals surface area contributed by atoms with Gasteiger partial charge in [-0.05, 0) is 43.4 Å². The van der Waals surface area contributed by atoms with Gasteiger partial charge >= 0.3 is 5.97 Å². The Morgan fingerprint density at radius 3 is 2.84 bits per heavy atom. The van der Waals surface area contributed by atoms with Crippen molar-refractivity contribution in [3.8, 4) is 0 Å². The molecule has 31 heavy (non-hydrogen) atoms. The Bertz CT molecular complexity index is 1090. The second-order valence-corrected chi connectivity index (χ2v) is 7.78. The van der Waals surface area contributed by atoms with Crippen molar-refractivity contribution in [2.24, 2.45) is 5.92 Å². The molecule has 0 spiro atoms. The molecule has 4 rings (SSSR count). The van der Waals surface area contributed by atoms with E-state index in [-0.39, 0.29) is 18.4 Å². The molecule has 0 bridgehead atoms. The number of benzene rings is 1. The lowest BCUT2D eigenvalue weighted by Gasteiger charge is -2.23. The summed E-state index contributed by atoms with van der Waals surface area (Å²) in [6.07, 6.45) is 6.72. The average molecular weight is 422 g/mol. The minimum absolute atomic E-state index is 0.0334. The van der Waals surface area contributed by atoms with Crippen LogP contribution in [0.3, 0.4) is 0 Å². The van der Waals surface area contributed by atoms with Crippen LogP contribution in [0.15, 0.2) is 36.8 Å². The summed E-state index contributed by atoms with van der Waals surface area (Å²) in [6, 6.07) is 7.13. The van der Waals surface area contributed by atoms with Crippen LogP contribution in [0.4, 0.5) is 11.5 Å². The lowest BCUT2D eigenvalue weighted by Crippen LogP contribution is -2.28. The van der Waals surface area contributed by atoms with Gasteiger partial charge in [-0.25, -0.2) is 9.97 Å². The Labute approximate surface area is 180 Å². The third-order valence-corrected chi connectivity index (χ3v) is 5.21. The highest BCUT2D eigenvalue weighted by atomic mass is 16.5. The molecule has 9 nitrogen and oxygen atoms in total. The maximum absolute atomic E-state index is 12.8. The minimum Gasteiger partial charge on any atom is -0.468 e. The van der Waals surface area contributed by atoms with Crippen molar-refractivity contribution >= 4 is 34.3 Å². The number of nitrogens with one attached hydrogen (secondary N) is 1. The first kappa shape index (κ1) is 20.8. The van der Waals surface area contributed by atoms with Gasteiger partial charge in [0.25, 0.3) is 5.91 Å². The van der Waals surface area contributed by atoms with Crippen LogP contribution in [0.2, 0.25) is 0 Å². The Balaban J connectivity index is 1.48. The molecular weight excluding hydrogens is 396 g/mol. The number of fused-ring (bicyclic) bond motifs is 1. The van der Waals surface area contributed by atoms with Crippen LogP contribution in [0, 0.1) is 5.92 Å². The van der Waals surface area contributed by atoms with Gasteiger partial charge < -0.3 is 15.0 Å². The second-order valence-electron chi connectivity index (χ2n) is 7.78. The highest BCUT2D eigenvalue weighted by Gasteiger charge is 2.25. The quantitative estimate of drug-likeness (QED) is 0.529. The van der Waals surface area contributed by atoms with Gasteiger partial charge in [-0.1, -0.05) is 6.92 Å². The van der Waals surface area contributed by atoms with Crippen LogP contribution < -0.4 is 10.2 Å². The fraction of sp³-hybridized carbons (Fsp3) is 0.409. The summed E-state index contributed by atoms with van der Waals surface area (Å²) in [7, 11) is 1.34. The summed E-state index contributed by atoms with van der Waals surface area (Å²) >= 11 is 0. The fourth-order valence-corrected chi connectivity index (χ4v) is 3.45. The van der Waals surface area contributed by atoms with Crippen molar-refractivity contribution in [1.29, 1.82) is 0 Å². The molecule has 0 unspecified atom stereocenters. The van der Waals surface area contributed by atoms with E-state index in [1.807, 2.05) is 6.07 Å². The molecule has 1 aliphatic rings. The normalized spacial score (nSPS) is 13.2. The maximum Gasteiger partial charge on any atom is 0.327 e. The molecule has 162 valence electrons. The summed E-state index contributed by atoms with van der Waals surface area (Å²) < 4.78 is 6.18. The van der Waals surface area contributed by atoms with E-state index >= 15 is 0 Å². The number of carbonyl (C=O) groups is 2. The molecule has 9 heteroatoms. The number of nitrogens with zero attached hydrogens (tertiary/aromatic N) is 5. The predicted molar refractivity (Wildman–Crippen MR) is 117 cm³/mol. The van der Waals surface area contributed by atoms with Gasteiger partial charge in [-0.15, -0.1) is 0 Å². The number of rotatable bonds is 9. The third kappa shape index (κ3) is 5.17. The zero-order chi connectivity index (χ0) is 21.8. The van der Waals surface area contributed by atoms with Crippen molar-refractivity contribution in [3.63, 3.8) is 0 Å². The van der Waals surface area contributed by atoms with Crippen LogP contribution >= 0.6 is 0 Å². The molecule has 1 fully saturated rings. The van der Waals surface area contributed by atoms with Gasteiger partial charge in [0.15, 0.2) is 0 Å². The van der Waals surface area contributed by atoms with Crippen LogP contribution in [0.1, 0.15) is 36.7 Å². The van der Waals surface area contributed by atoms with Crippen molar-refractivity contribution in [3.05, 3.63) is 42.5 Å². The summed E-state index contributed by atoms with van der Waals surface area (Å²) in [6.45, 7) is 4.04. The molecule has 0 radical (unpaired) electrons. The number of esters is 1. The zero-order valence-corrected chi connectivity index (χ0v) is 17.7. The van der Waals surface area contributed by atoms with Crippen molar-refractivity contribution < 1.29 is 14.3 Å².